The second-order valence-electron chi connectivity index (χ2n) is 5.83. The number of hydrogen-bond donors (Lipinski definition) is 1. The predicted octanol–water partition coefficient (Wildman–Crippen LogP) is 3.94. The molecule has 0 bridgehead atoms. The average Bonchev–Trinajstić information content (AvgIpc) is 2.56. The lowest BCUT2D eigenvalue weighted by Crippen LogP contribution is -2.86. The summed E-state index contributed by atoms with van der Waals surface area (Å²) in [5.41, 5.74) is 0.632. The molecule has 1 heterocycles. The van der Waals surface area contributed by atoms with Crippen LogP contribution in [-0.4, -0.2) is 13.1 Å². The number of hydrogen-bond acceptors (Lipinski definition) is 1. The van der Waals surface area contributed by atoms with E-state index in [1.807, 2.05) is 12.1 Å². The number of rotatable bonds is 3. The number of piperidine rings is 1. The number of ether oxygens (including phenoxy) is 1. The highest BCUT2D eigenvalue weighted by molar-refractivity contribution is 5.36. The number of halogens is 3. The molecule has 23 heavy (non-hydrogen) atoms. The maximum absolute atomic E-state index is 12.5. The van der Waals surface area contributed by atoms with E-state index < -0.39 is 11.7 Å². The number of quaternary nitrogens is 1. The molecular formula is C18H19F3NO+. The molecule has 0 unspecified atom stereocenters. The first-order chi connectivity index (χ1) is 11.0. The lowest BCUT2D eigenvalue weighted by atomic mass is 9.90. The fraction of sp³-hybridized carbons (Fsp3) is 0.333. The van der Waals surface area contributed by atoms with Crippen molar-refractivity contribution in [3.63, 3.8) is 0 Å². The Kier molecular flexibility index (Phi) is 4.57. The Morgan fingerprint density at radius 3 is 1.87 bits per heavy atom. The molecule has 0 aromatic heterocycles. The van der Waals surface area contributed by atoms with Gasteiger partial charge in [-0.2, -0.15) is 13.2 Å². The monoisotopic (exact) mass is 322 g/mol. The minimum Gasteiger partial charge on any atom is -0.457 e. The largest absolute Gasteiger partial charge is 0.457 e. The third-order valence-electron chi connectivity index (χ3n) is 4.21. The molecule has 5 heteroatoms. The molecule has 1 fully saturated rings. The molecule has 2 nitrogen and oxygen atoms in total. The number of nitrogens with two attached hydrogens (primary N) is 1. The normalized spacial score (nSPS) is 16.3. The maximum atomic E-state index is 12.5. The Morgan fingerprint density at radius 1 is 0.826 bits per heavy atom. The van der Waals surface area contributed by atoms with Gasteiger partial charge in [0.05, 0.1) is 18.7 Å². The molecule has 0 amide bonds. The Morgan fingerprint density at radius 2 is 1.35 bits per heavy atom. The van der Waals surface area contributed by atoms with Gasteiger partial charge in [-0.25, -0.2) is 0 Å². The quantitative estimate of drug-likeness (QED) is 0.910. The van der Waals surface area contributed by atoms with Crippen LogP contribution in [0, 0.1) is 0 Å². The summed E-state index contributed by atoms with van der Waals surface area (Å²) in [5, 5.41) is 2.33. The first-order valence-electron chi connectivity index (χ1n) is 7.79. The SMILES string of the molecule is FC(F)(F)c1ccc(Oc2ccc(C3CC[NH2+]CC3)cc2)cc1. The lowest BCUT2D eigenvalue weighted by molar-refractivity contribution is -0.663. The molecule has 2 aromatic rings. The first kappa shape index (κ1) is 15.9. The minimum absolute atomic E-state index is 0.401. The van der Waals surface area contributed by atoms with E-state index in [1.165, 1.54) is 30.5 Å². The molecule has 0 saturated carbocycles. The van der Waals surface area contributed by atoms with Crippen LogP contribution >= 0.6 is 0 Å². The average molecular weight is 322 g/mol. The topological polar surface area (TPSA) is 25.8 Å². The van der Waals surface area contributed by atoms with E-state index in [4.69, 9.17) is 4.74 Å². The van der Waals surface area contributed by atoms with Crippen molar-refractivity contribution < 1.29 is 23.2 Å². The molecule has 3 rings (SSSR count). The van der Waals surface area contributed by atoms with Crippen LogP contribution in [0.4, 0.5) is 13.2 Å². The predicted molar refractivity (Wildman–Crippen MR) is 81.6 cm³/mol. The zero-order chi connectivity index (χ0) is 16.3. The zero-order valence-corrected chi connectivity index (χ0v) is 12.6. The van der Waals surface area contributed by atoms with Gasteiger partial charge >= 0.3 is 6.18 Å². The Bertz CT molecular complexity index is 629. The van der Waals surface area contributed by atoms with Gasteiger partial charge in [-0.1, -0.05) is 12.1 Å². The summed E-state index contributed by atoms with van der Waals surface area (Å²) in [5.74, 6) is 1.63. The highest BCUT2D eigenvalue weighted by Crippen LogP contribution is 2.32. The Balaban J connectivity index is 1.66. The number of benzene rings is 2. The second kappa shape index (κ2) is 6.62. The standard InChI is InChI=1S/C18H18F3NO/c19-18(20,21)15-3-7-17(8-4-15)23-16-5-1-13(2-6-16)14-9-11-22-12-10-14/h1-8,14,22H,9-12H2/p+1. The summed E-state index contributed by atoms with van der Waals surface area (Å²) in [6, 6.07) is 12.6. The van der Waals surface area contributed by atoms with E-state index in [1.54, 1.807) is 0 Å². The Labute approximate surface area is 133 Å². The van der Waals surface area contributed by atoms with Crippen molar-refractivity contribution in [3.05, 3.63) is 59.7 Å². The molecule has 0 spiro atoms. The van der Waals surface area contributed by atoms with E-state index in [0.717, 1.165) is 25.2 Å². The van der Waals surface area contributed by atoms with Crippen molar-refractivity contribution in [1.29, 1.82) is 0 Å². The third-order valence-corrected chi connectivity index (χ3v) is 4.21. The minimum atomic E-state index is -4.32. The van der Waals surface area contributed by atoms with Crippen LogP contribution in [0.25, 0.3) is 0 Å². The van der Waals surface area contributed by atoms with Crippen LogP contribution in [0.5, 0.6) is 11.5 Å². The van der Waals surface area contributed by atoms with Crippen LogP contribution in [0.3, 0.4) is 0 Å². The molecule has 1 aliphatic rings. The summed E-state index contributed by atoms with van der Waals surface area (Å²) in [6.45, 7) is 2.32. The van der Waals surface area contributed by atoms with Crippen LogP contribution in [0.15, 0.2) is 48.5 Å². The molecule has 0 atom stereocenters. The molecule has 122 valence electrons. The molecule has 0 aliphatic carbocycles. The first-order valence-corrected chi connectivity index (χ1v) is 7.79. The highest BCUT2D eigenvalue weighted by atomic mass is 19.4. The van der Waals surface area contributed by atoms with Crippen molar-refractivity contribution in [2.24, 2.45) is 0 Å². The van der Waals surface area contributed by atoms with E-state index in [2.05, 4.69) is 17.4 Å². The molecule has 0 radical (unpaired) electrons. The smallest absolute Gasteiger partial charge is 0.416 e. The second-order valence-corrected chi connectivity index (χ2v) is 5.83. The summed E-state index contributed by atoms with van der Waals surface area (Å²) in [4.78, 5) is 0. The van der Waals surface area contributed by atoms with Crippen molar-refractivity contribution in [2.75, 3.05) is 13.1 Å². The fourth-order valence-corrected chi connectivity index (χ4v) is 2.92. The molecule has 2 N–H and O–H groups in total. The van der Waals surface area contributed by atoms with Crippen LogP contribution < -0.4 is 10.1 Å². The summed E-state index contributed by atoms with van der Waals surface area (Å²) in [7, 11) is 0. The lowest BCUT2D eigenvalue weighted by Gasteiger charge is -2.20. The van der Waals surface area contributed by atoms with E-state index in [9.17, 15) is 13.2 Å². The van der Waals surface area contributed by atoms with Gasteiger partial charge in [-0.15, -0.1) is 0 Å². The Hall–Kier alpha value is -2.01. The summed E-state index contributed by atoms with van der Waals surface area (Å²) in [6.07, 6.45) is -1.96. The highest BCUT2D eigenvalue weighted by Gasteiger charge is 2.30. The van der Waals surface area contributed by atoms with E-state index >= 15 is 0 Å². The van der Waals surface area contributed by atoms with Crippen molar-refractivity contribution in [1.82, 2.24) is 0 Å². The summed E-state index contributed by atoms with van der Waals surface area (Å²) < 4.78 is 43.2. The van der Waals surface area contributed by atoms with Crippen LogP contribution in [-0.2, 0) is 6.18 Å². The van der Waals surface area contributed by atoms with Gasteiger partial charge in [0.25, 0.3) is 0 Å². The third kappa shape index (κ3) is 4.05. The van der Waals surface area contributed by atoms with Crippen molar-refractivity contribution in [3.8, 4) is 11.5 Å². The van der Waals surface area contributed by atoms with Gasteiger partial charge in [0.2, 0.25) is 0 Å². The van der Waals surface area contributed by atoms with Gasteiger partial charge in [0, 0.05) is 12.8 Å². The van der Waals surface area contributed by atoms with Gasteiger partial charge in [0.15, 0.2) is 0 Å². The van der Waals surface area contributed by atoms with Crippen molar-refractivity contribution >= 4 is 0 Å². The number of alkyl halides is 3. The van der Waals surface area contributed by atoms with Gasteiger partial charge in [-0.3, -0.25) is 0 Å². The van der Waals surface area contributed by atoms with Crippen molar-refractivity contribution in [2.45, 2.75) is 24.9 Å². The van der Waals surface area contributed by atoms with Gasteiger partial charge in [0.1, 0.15) is 11.5 Å². The van der Waals surface area contributed by atoms with Crippen LogP contribution in [0.2, 0.25) is 0 Å². The van der Waals surface area contributed by atoms with Gasteiger partial charge in [-0.05, 0) is 47.9 Å². The molecular weight excluding hydrogens is 303 g/mol. The maximum Gasteiger partial charge on any atom is 0.416 e. The summed E-state index contributed by atoms with van der Waals surface area (Å²) >= 11 is 0. The molecule has 1 aliphatic heterocycles. The molecule has 1 saturated heterocycles. The molecule has 2 aromatic carbocycles. The van der Waals surface area contributed by atoms with E-state index in [0.29, 0.717) is 17.4 Å². The van der Waals surface area contributed by atoms with Gasteiger partial charge < -0.3 is 10.1 Å². The zero-order valence-electron chi connectivity index (χ0n) is 12.6. The fourth-order valence-electron chi connectivity index (χ4n) is 2.92. The van der Waals surface area contributed by atoms with E-state index in [-0.39, 0.29) is 0 Å². The van der Waals surface area contributed by atoms with Crippen LogP contribution in [0.1, 0.15) is 29.9 Å².